The van der Waals surface area contributed by atoms with Crippen molar-refractivity contribution in [3.05, 3.63) is 82.9 Å². The highest BCUT2D eigenvalue weighted by molar-refractivity contribution is 7.14. The van der Waals surface area contributed by atoms with Crippen molar-refractivity contribution >= 4 is 58.6 Å². The summed E-state index contributed by atoms with van der Waals surface area (Å²) in [6.45, 7) is -0.0424. The summed E-state index contributed by atoms with van der Waals surface area (Å²) < 4.78 is 0. The molecule has 39 heavy (non-hydrogen) atoms. The molecule has 6 N–H and O–H groups in total. The number of nitrogens with one attached hydrogen (secondary N) is 5. The first-order chi connectivity index (χ1) is 18.3. The number of carbonyl (C=O) groups is 5. The molecule has 3 rings (SSSR count). The highest BCUT2D eigenvalue weighted by Crippen LogP contribution is 2.15. The Hall–Kier alpha value is -4.49. The monoisotopic (exact) mass is 574 g/mol. The smallest absolute Gasteiger partial charge is 0.321 e. The first kappa shape index (κ1) is 30.7. The van der Waals surface area contributed by atoms with Crippen molar-refractivity contribution in [2.45, 2.75) is 25.6 Å². The van der Waals surface area contributed by atoms with E-state index in [4.69, 9.17) is 5.11 Å². The highest BCUT2D eigenvalue weighted by atomic mass is 35.5. The number of carbonyl (C=O) groups excluding carboxylic acids is 4. The quantitative estimate of drug-likeness (QED) is 0.191. The Kier molecular flexibility index (Phi) is 12.4. The first-order valence-corrected chi connectivity index (χ1v) is 12.3. The summed E-state index contributed by atoms with van der Waals surface area (Å²) in [5, 5.41) is 23.2. The third kappa shape index (κ3) is 10.8. The average molecular weight is 575 g/mol. The molecule has 5 amide bonds. The predicted octanol–water partition coefficient (Wildman–Crippen LogP) is 1.89. The SMILES string of the molecule is Cl.O=C(O)C[C@H](NC(=O)CNC(=O)c1csc(NC(=O)NCc2ccccc2)n1)C(=O)NCc1ccccc1. The minimum absolute atomic E-state index is 0. The van der Waals surface area contributed by atoms with Crippen molar-refractivity contribution in [3.8, 4) is 0 Å². The number of benzene rings is 2. The van der Waals surface area contributed by atoms with Crippen LogP contribution < -0.4 is 26.6 Å². The summed E-state index contributed by atoms with van der Waals surface area (Å²) in [7, 11) is 0. The van der Waals surface area contributed by atoms with Gasteiger partial charge in [-0.2, -0.15) is 0 Å². The maximum Gasteiger partial charge on any atom is 0.321 e. The minimum Gasteiger partial charge on any atom is -0.481 e. The van der Waals surface area contributed by atoms with Gasteiger partial charge >= 0.3 is 12.0 Å². The van der Waals surface area contributed by atoms with Gasteiger partial charge in [-0.3, -0.25) is 24.5 Å². The lowest BCUT2D eigenvalue weighted by Gasteiger charge is -2.17. The maximum absolute atomic E-state index is 12.4. The van der Waals surface area contributed by atoms with Crippen LogP contribution in [0.1, 0.15) is 28.0 Å². The first-order valence-electron chi connectivity index (χ1n) is 11.5. The molecular weight excluding hydrogens is 548 g/mol. The van der Waals surface area contributed by atoms with Crippen molar-refractivity contribution in [1.82, 2.24) is 26.3 Å². The third-order valence-electron chi connectivity index (χ3n) is 5.00. The molecule has 0 saturated carbocycles. The Morgan fingerprint density at radius 2 is 1.44 bits per heavy atom. The van der Waals surface area contributed by atoms with Gasteiger partial charge in [0.05, 0.1) is 13.0 Å². The molecular formula is C25H27ClN6O6S. The predicted molar refractivity (Wildman–Crippen MR) is 146 cm³/mol. The zero-order chi connectivity index (χ0) is 27.3. The van der Waals surface area contributed by atoms with Gasteiger partial charge in [0.1, 0.15) is 11.7 Å². The van der Waals surface area contributed by atoms with Gasteiger partial charge in [0, 0.05) is 18.5 Å². The number of hydrogen-bond acceptors (Lipinski definition) is 7. The van der Waals surface area contributed by atoms with Crippen molar-refractivity contribution < 1.29 is 29.1 Å². The molecule has 2 aromatic carbocycles. The summed E-state index contributed by atoms with van der Waals surface area (Å²) in [5.74, 6) is -3.38. The Labute approximate surface area is 234 Å². The van der Waals surface area contributed by atoms with Crippen LogP contribution in [0, 0.1) is 0 Å². The van der Waals surface area contributed by atoms with E-state index in [0.29, 0.717) is 6.54 Å². The third-order valence-corrected chi connectivity index (χ3v) is 5.76. The lowest BCUT2D eigenvalue weighted by Crippen LogP contribution is -2.50. The van der Waals surface area contributed by atoms with E-state index in [9.17, 15) is 24.0 Å². The number of anilines is 1. The second-order valence-electron chi connectivity index (χ2n) is 7.94. The van der Waals surface area contributed by atoms with Gasteiger partial charge < -0.3 is 26.4 Å². The molecule has 1 aromatic heterocycles. The maximum atomic E-state index is 12.4. The Morgan fingerprint density at radius 1 is 0.846 bits per heavy atom. The molecule has 0 spiro atoms. The summed E-state index contributed by atoms with van der Waals surface area (Å²) in [6, 6.07) is 16.5. The number of rotatable bonds is 12. The van der Waals surface area contributed by atoms with Crippen molar-refractivity contribution in [2.24, 2.45) is 0 Å². The molecule has 3 aromatic rings. The number of urea groups is 1. The molecule has 1 heterocycles. The zero-order valence-electron chi connectivity index (χ0n) is 20.5. The number of thiazole rings is 1. The standard InChI is InChI=1S/C25H26N6O6S.ClH/c32-20(29-18(11-21(33)34)22(35)26-12-16-7-3-1-4-8-16)14-27-23(36)19-15-38-25(30-19)31-24(37)28-13-17-9-5-2-6-10-17;/h1-10,15,18H,11-14H2,(H,26,35)(H,27,36)(H,29,32)(H,33,34)(H2,28,30,31,37);1H/t18-;/m0./s1. The Balaban J connectivity index is 0.00000533. The molecule has 0 aliphatic carbocycles. The van der Waals surface area contributed by atoms with Crippen LogP contribution in [0.5, 0.6) is 0 Å². The number of nitrogens with zero attached hydrogens (tertiary/aromatic N) is 1. The van der Waals surface area contributed by atoms with Gasteiger partial charge in [0.15, 0.2) is 5.13 Å². The average Bonchev–Trinajstić information content (AvgIpc) is 3.38. The second kappa shape index (κ2) is 15.7. The number of halogens is 1. The van der Waals surface area contributed by atoms with E-state index in [1.54, 1.807) is 24.3 Å². The molecule has 0 bridgehead atoms. The molecule has 0 radical (unpaired) electrons. The van der Waals surface area contributed by atoms with Crippen LogP contribution in [0.25, 0.3) is 0 Å². The number of carboxylic acids is 1. The van der Waals surface area contributed by atoms with Gasteiger partial charge in [-0.15, -0.1) is 23.7 Å². The second-order valence-corrected chi connectivity index (χ2v) is 8.79. The molecule has 1 atom stereocenters. The zero-order valence-corrected chi connectivity index (χ0v) is 22.1. The van der Waals surface area contributed by atoms with E-state index in [2.05, 4.69) is 31.6 Å². The number of hydrogen-bond donors (Lipinski definition) is 6. The van der Waals surface area contributed by atoms with E-state index in [1.165, 1.54) is 5.38 Å². The normalized spacial score (nSPS) is 10.8. The topological polar surface area (TPSA) is 179 Å². The van der Waals surface area contributed by atoms with E-state index < -0.39 is 48.7 Å². The van der Waals surface area contributed by atoms with E-state index in [1.807, 2.05) is 36.4 Å². The van der Waals surface area contributed by atoms with Gasteiger partial charge in [0.2, 0.25) is 11.8 Å². The summed E-state index contributed by atoms with van der Waals surface area (Å²) in [6.07, 6.45) is -0.631. The summed E-state index contributed by atoms with van der Waals surface area (Å²) in [4.78, 5) is 64.4. The summed E-state index contributed by atoms with van der Waals surface area (Å²) >= 11 is 1.02. The fourth-order valence-corrected chi connectivity index (χ4v) is 3.83. The molecule has 14 heteroatoms. The molecule has 0 fully saturated rings. The minimum atomic E-state index is -1.33. The largest absolute Gasteiger partial charge is 0.481 e. The number of carboxylic acid groups (broad SMARTS) is 1. The molecule has 0 saturated heterocycles. The van der Waals surface area contributed by atoms with E-state index >= 15 is 0 Å². The van der Waals surface area contributed by atoms with Crippen molar-refractivity contribution in [2.75, 3.05) is 11.9 Å². The molecule has 0 aliphatic rings. The van der Waals surface area contributed by atoms with Gasteiger partial charge in [-0.05, 0) is 11.1 Å². The Bertz CT molecular complexity index is 1270. The number of amides is 5. The van der Waals surface area contributed by atoms with Crippen LogP contribution in [0.2, 0.25) is 0 Å². The summed E-state index contributed by atoms with van der Waals surface area (Å²) in [5.41, 5.74) is 1.70. The lowest BCUT2D eigenvalue weighted by molar-refractivity contribution is -0.140. The van der Waals surface area contributed by atoms with Crippen LogP contribution in [0.4, 0.5) is 9.93 Å². The van der Waals surface area contributed by atoms with Crippen LogP contribution >= 0.6 is 23.7 Å². The number of aromatic nitrogens is 1. The highest BCUT2D eigenvalue weighted by Gasteiger charge is 2.24. The Morgan fingerprint density at radius 3 is 2.03 bits per heavy atom. The van der Waals surface area contributed by atoms with Crippen LogP contribution in [0.15, 0.2) is 66.0 Å². The molecule has 0 aliphatic heterocycles. The molecule has 12 nitrogen and oxygen atoms in total. The fraction of sp³-hybridized carbons (Fsp3) is 0.200. The van der Waals surface area contributed by atoms with Gasteiger partial charge in [-0.25, -0.2) is 9.78 Å². The van der Waals surface area contributed by atoms with E-state index in [-0.39, 0.29) is 29.8 Å². The molecule has 206 valence electrons. The number of aliphatic carboxylic acids is 1. The van der Waals surface area contributed by atoms with Crippen LogP contribution in [-0.2, 0) is 27.5 Å². The van der Waals surface area contributed by atoms with Gasteiger partial charge in [-0.1, -0.05) is 60.7 Å². The van der Waals surface area contributed by atoms with Crippen molar-refractivity contribution in [3.63, 3.8) is 0 Å². The van der Waals surface area contributed by atoms with Crippen LogP contribution in [-0.4, -0.2) is 52.4 Å². The van der Waals surface area contributed by atoms with Crippen molar-refractivity contribution in [1.29, 1.82) is 0 Å². The molecule has 0 unspecified atom stereocenters. The lowest BCUT2D eigenvalue weighted by atomic mass is 10.1. The van der Waals surface area contributed by atoms with Crippen LogP contribution in [0.3, 0.4) is 0 Å². The van der Waals surface area contributed by atoms with E-state index in [0.717, 1.165) is 22.5 Å². The van der Waals surface area contributed by atoms with Gasteiger partial charge in [0.25, 0.3) is 5.91 Å². The fourth-order valence-electron chi connectivity index (χ4n) is 3.14.